The van der Waals surface area contributed by atoms with Gasteiger partial charge in [-0.3, -0.25) is 4.79 Å². The van der Waals surface area contributed by atoms with E-state index in [9.17, 15) is 4.79 Å². The highest BCUT2D eigenvalue weighted by molar-refractivity contribution is 5.74. The minimum Gasteiger partial charge on any atom is -0.381 e. The molecule has 27 heavy (non-hydrogen) atoms. The van der Waals surface area contributed by atoms with Crippen molar-refractivity contribution in [3.8, 4) is 0 Å². The Bertz CT molecular complexity index is 810. The molecule has 2 aromatic heterocycles. The normalized spacial score (nSPS) is 29.0. The largest absolute Gasteiger partial charge is 0.381 e. The maximum atomic E-state index is 11.1. The molecule has 3 unspecified atom stereocenters. The Morgan fingerprint density at radius 3 is 2.81 bits per heavy atom. The second-order valence-electron chi connectivity index (χ2n) is 8.44. The number of rotatable bonds is 5. The molecule has 3 aliphatic rings. The molecule has 3 fully saturated rings. The van der Waals surface area contributed by atoms with Crippen LogP contribution >= 0.6 is 0 Å². The summed E-state index contributed by atoms with van der Waals surface area (Å²) in [5.41, 5.74) is 3.73. The molecule has 0 bridgehead atoms. The number of nitrogens with one attached hydrogen (secondary N) is 1. The third-order valence-corrected chi connectivity index (χ3v) is 6.62. The van der Waals surface area contributed by atoms with Crippen molar-refractivity contribution in [1.82, 2.24) is 14.9 Å². The van der Waals surface area contributed by atoms with Gasteiger partial charge in [0.15, 0.2) is 0 Å². The molecule has 0 radical (unpaired) electrons. The van der Waals surface area contributed by atoms with Gasteiger partial charge in [0, 0.05) is 44.0 Å². The molecule has 3 atom stereocenters. The molecule has 2 saturated heterocycles. The average Bonchev–Trinajstić information content (AvgIpc) is 3.25. The van der Waals surface area contributed by atoms with E-state index in [0.29, 0.717) is 5.92 Å². The lowest BCUT2D eigenvalue weighted by Gasteiger charge is -2.28. The van der Waals surface area contributed by atoms with Crippen LogP contribution in [-0.4, -0.2) is 48.4 Å². The van der Waals surface area contributed by atoms with Crippen LogP contribution in [0.15, 0.2) is 24.5 Å². The van der Waals surface area contributed by atoms with Crippen molar-refractivity contribution in [2.24, 2.45) is 11.8 Å². The molecule has 2 aromatic rings. The summed E-state index contributed by atoms with van der Waals surface area (Å²) in [5.74, 6) is 2.08. The monoisotopic (exact) mass is 368 g/mol. The molecule has 1 amide bonds. The number of anilines is 1. The summed E-state index contributed by atoms with van der Waals surface area (Å²) < 4.78 is 7.59. The van der Waals surface area contributed by atoms with Gasteiger partial charge in [0.05, 0.1) is 17.8 Å². The quantitative estimate of drug-likeness (QED) is 0.824. The number of nitrogens with zero attached hydrogens (tertiary/aromatic N) is 3. The maximum absolute atomic E-state index is 11.1. The van der Waals surface area contributed by atoms with Crippen LogP contribution in [0.25, 0.3) is 5.52 Å². The first kappa shape index (κ1) is 17.0. The van der Waals surface area contributed by atoms with Gasteiger partial charge in [-0.25, -0.2) is 4.52 Å². The topological polar surface area (TPSA) is 58.9 Å². The highest BCUT2D eigenvalue weighted by Crippen LogP contribution is 2.42. The highest BCUT2D eigenvalue weighted by Gasteiger charge is 2.35. The molecule has 1 saturated carbocycles. The number of aromatic nitrogens is 2. The standard InChI is InChI=1S/C21H28N4O2/c26-14-22-19-4-3-16(15-1-2-15)10-24(12-19)20-5-7-23-25-11-18(9-21(20)25)17-6-8-27-13-17/h5,7,9,11,14-17,19H,1-4,6,8,10,12-13H2,(H,22,26). The minimum atomic E-state index is 0.220. The summed E-state index contributed by atoms with van der Waals surface area (Å²) in [6.07, 6.45) is 11.0. The molecule has 6 heteroatoms. The molecule has 4 heterocycles. The Labute approximate surface area is 159 Å². The van der Waals surface area contributed by atoms with E-state index >= 15 is 0 Å². The maximum Gasteiger partial charge on any atom is 0.207 e. The number of fused-ring (bicyclic) bond motifs is 1. The lowest BCUT2D eigenvalue weighted by molar-refractivity contribution is -0.110. The summed E-state index contributed by atoms with van der Waals surface area (Å²) in [6.45, 7) is 3.61. The van der Waals surface area contributed by atoms with E-state index in [4.69, 9.17) is 4.74 Å². The first-order valence-electron chi connectivity index (χ1n) is 10.3. The Hall–Kier alpha value is -2.08. The van der Waals surface area contributed by atoms with Crippen LogP contribution in [0, 0.1) is 11.8 Å². The van der Waals surface area contributed by atoms with E-state index in [1.165, 1.54) is 36.0 Å². The van der Waals surface area contributed by atoms with Crippen molar-refractivity contribution in [1.29, 1.82) is 0 Å². The molecule has 5 rings (SSSR count). The number of hydrogen-bond acceptors (Lipinski definition) is 4. The minimum absolute atomic E-state index is 0.220. The van der Waals surface area contributed by atoms with Gasteiger partial charge in [-0.2, -0.15) is 5.10 Å². The van der Waals surface area contributed by atoms with Crippen LogP contribution in [0.5, 0.6) is 0 Å². The van der Waals surface area contributed by atoms with Crippen LogP contribution in [0.3, 0.4) is 0 Å². The molecule has 1 N–H and O–H groups in total. The summed E-state index contributed by atoms with van der Waals surface area (Å²) in [7, 11) is 0. The van der Waals surface area contributed by atoms with Gasteiger partial charge in [-0.15, -0.1) is 0 Å². The molecular weight excluding hydrogens is 340 g/mol. The van der Waals surface area contributed by atoms with Crippen LogP contribution in [0.2, 0.25) is 0 Å². The highest BCUT2D eigenvalue weighted by atomic mass is 16.5. The summed E-state index contributed by atoms with van der Waals surface area (Å²) in [4.78, 5) is 13.6. The number of hydrogen-bond donors (Lipinski definition) is 1. The molecule has 0 spiro atoms. The summed E-state index contributed by atoms with van der Waals surface area (Å²) in [5, 5.41) is 7.59. The first-order chi connectivity index (χ1) is 13.3. The van der Waals surface area contributed by atoms with Crippen molar-refractivity contribution in [3.63, 3.8) is 0 Å². The lowest BCUT2D eigenvalue weighted by atomic mass is 9.97. The Kier molecular flexibility index (Phi) is 4.52. The van der Waals surface area contributed by atoms with Crippen molar-refractivity contribution < 1.29 is 9.53 Å². The zero-order valence-corrected chi connectivity index (χ0v) is 15.7. The second kappa shape index (κ2) is 7.15. The Balaban J connectivity index is 1.48. The van der Waals surface area contributed by atoms with Crippen LogP contribution in [-0.2, 0) is 9.53 Å². The van der Waals surface area contributed by atoms with Crippen LogP contribution in [0.1, 0.15) is 43.6 Å². The molecular formula is C21H28N4O2. The van der Waals surface area contributed by atoms with E-state index in [-0.39, 0.29) is 6.04 Å². The third kappa shape index (κ3) is 3.43. The average molecular weight is 368 g/mol. The van der Waals surface area contributed by atoms with Crippen molar-refractivity contribution in [3.05, 3.63) is 30.1 Å². The van der Waals surface area contributed by atoms with E-state index in [1.54, 1.807) is 0 Å². The van der Waals surface area contributed by atoms with Crippen molar-refractivity contribution in [2.45, 2.75) is 44.1 Å². The molecule has 2 aliphatic heterocycles. The number of carbonyl (C=O) groups excluding carboxylic acids is 1. The van der Waals surface area contributed by atoms with Crippen molar-refractivity contribution in [2.75, 3.05) is 31.2 Å². The number of ether oxygens (including phenoxy) is 1. The fraction of sp³-hybridized carbons (Fsp3) is 0.619. The molecule has 6 nitrogen and oxygen atoms in total. The van der Waals surface area contributed by atoms with Crippen LogP contribution < -0.4 is 10.2 Å². The number of carbonyl (C=O) groups is 1. The van der Waals surface area contributed by atoms with Gasteiger partial charge >= 0.3 is 0 Å². The Morgan fingerprint density at radius 2 is 2.04 bits per heavy atom. The fourth-order valence-corrected chi connectivity index (χ4v) is 4.91. The predicted octanol–water partition coefficient (Wildman–Crippen LogP) is 2.58. The first-order valence-corrected chi connectivity index (χ1v) is 10.3. The zero-order chi connectivity index (χ0) is 18.2. The Morgan fingerprint density at radius 1 is 1.15 bits per heavy atom. The van der Waals surface area contributed by atoms with Crippen molar-refractivity contribution >= 4 is 17.6 Å². The second-order valence-corrected chi connectivity index (χ2v) is 8.44. The van der Waals surface area contributed by atoms with Gasteiger partial charge in [-0.1, -0.05) is 0 Å². The van der Waals surface area contributed by atoms with E-state index in [2.05, 4.69) is 33.6 Å². The van der Waals surface area contributed by atoms with E-state index < -0.39 is 0 Å². The molecule has 144 valence electrons. The summed E-state index contributed by atoms with van der Waals surface area (Å²) >= 11 is 0. The smallest absolute Gasteiger partial charge is 0.207 e. The van der Waals surface area contributed by atoms with E-state index in [1.807, 2.05) is 10.7 Å². The third-order valence-electron chi connectivity index (χ3n) is 6.62. The fourth-order valence-electron chi connectivity index (χ4n) is 4.91. The van der Waals surface area contributed by atoms with Gasteiger partial charge in [0.2, 0.25) is 6.41 Å². The van der Waals surface area contributed by atoms with Gasteiger partial charge in [-0.05, 0) is 61.6 Å². The van der Waals surface area contributed by atoms with Gasteiger partial charge in [0.25, 0.3) is 0 Å². The van der Waals surface area contributed by atoms with Crippen LogP contribution in [0.4, 0.5) is 5.69 Å². The zero-order valence-electron chi connectivity index (χ0n) is 15.7. The summed E-state index contributed by atoms with van der Waals surface area (Å²) in [6, 6.07) is 4.65. The number of amides is 1. The lowest BCUT2D eigenvalue weighted by Crippen LogP contribution is -2.40. The molecule has 1 aliphatic carbocycles. The van der Waals surface area contributed by atoms with E-state index in [0.717, 1.165) is 57.4 Å². The van der Waals surface area contributed by atoms with Gasteiger partial charge in [0.1, 0.15) is 0 Å². The SMILES string of the molecule is O=CNC1CCC(C2CC2)CN(c2ccnn3cc(C4CCOC4)cc23)C1. The van der Waals surface area contributed by atoms with Gasteiger partial charge < -0.3 is 15.0 Å². The predicted molar refractivity (Wildman–Crippen MR) is 104 cm³/mol. The molecule has 0 aromatic carbocycles.